The highest BCUT2D eigenvalue weighted by atomic mass is 32.2. The maximum Gasteiger partial charge on any atom is 0.298 e. The number of fused-ring (bicyclic) bond motifs is 2. The Labute approximate surface area is 204 Å². The number of hydrogen-bond donors (Lipinski definition) is 4. The molecule has 0 aliphatic carbocycles. The lowest BCUT2D eigenvalue weighted by atomic mass is 10.1. The number of phenols is 1. The number of rotatable bonds is 5. The second-order valence-electron chi connectivity index (χ2n) is 7.69. The van der Waals surface area contributed by atoms with Gasteiger partial charge in [0.25, 0.3) is 30.4 Å². The van der Waals surface area contributed by atoms with Gasteiger partial charge in [0.2, 0.25) is 0 Å². The van der Waals surface area contributed by atoms with Gasteiger partial charge in [0, 0.05) is 16.2 Å². The highest BCUT2D eigenvalue weighted by Gasteiger charge is 2.26. The van der Waals surface area contributed by atoms with Gasteiger partial charge in [0.15, 0.2) is 5.75 Å². The summed E-state index contributed by atoms with van der Waals surface area (Å²) in [6, 6.07) is 11.3. The highest BCUT2D eigenvalue weighted by Crippen LogP contribution is 2.44. The van der Waals surface area contributed by atoms with Crippen molar-refractivity contribution in [2.45, 2.75) is 21.6 Å². The minimum absolute atomic E-state index is 0.00308. The zero-order chi connectivity index (χ0) is 26.6. The quantitative estimate of drug-likeness (QED) is 0.205. The van der Waals surface area contributed by atoms with Gasteiger partial charge in [-0.2, -0.15) is 25.3 Å². The second kappa shape index (κ2) is 8.58. The Hall–Kier alpha value is -3.47. The van der Waals surface area contributed by atoms with Crippen LogP contribution >= 0.6 is 0 Å². The predicted octanol–water partition coefficient (Wildman–Crippen LogP) is 4.16. The van der Waals surface area contributed by atoms with Gasteiger partial charge in [0.05, 0.1) is 5.69 Å². The van der Waals surface area contributed by atoms with Gasteiger partial charge in [-0.05, 0) is 42.1 Å². The molecule has 15 heteroatoms. The fraction of sp³-hybridized carbons (Fsp3) is 0.0476. The number of aromatic hydroxyl groups is 1. The van der Waals surface area contributed by atoms with E-state index in [0.717, 1.165) is 18.2 Å². The molecule has 0 saturated heterocycles. The van der Waals surface area contributed by atoms with E-state index >= 15 is 0 Å². The van der Waals surface area contributed by atoms with Crippen LogP contribution in [0.25, 0.3) is 21.5 Å². The minimum Gasteiger partial charge on any atom is -0.504 e. The summed E-state index contributed by atoms with van der Waals surface area (Å²) in [7, 11) is -14.5. The van der Waals surface area contributed by atoms with E-state index in [1.165, 1.54) is 37.3 Å². The predicted molar refractivity (Wildman–Crippen MR) is 128 cm³/mol. The molecule has 4 aromatic carbocycles. The van der Waals surface area contributed by atoms with Gasteiger partial charge in [-0.25, -0.2) is 0 Å². The van der Waals surface area contributed by atoms with E-state index in [4.69, 9.17) is 0 Å². The maximum atomic E-state index is 12.1. The first-order chi connectivity index (χ1) is 16.6. The van der Waals surface area contributed by atoms with Crippen LogP contribution in [-0.4, -0.2) is 44.0 Å². The van der Waals surface area contributed by atoms with Crippen molar-refractivity contribution in [3.63, 3.8) is 0 Å². The van der Waals surface area contributed by atoms with Gasteiger partial charge in [0.1, 0.15) is 20.4 Å². The minimum atomic E-state index is -5.01. The molecule has 36 heavy (non-hydrogen) atoms. The van der Waals surface area contributed by atoms with Crippen molar-refractivity contribution in [3.8, 4) is 5.75 Å². The van der Waals surface area contributed by atoms with Crippen LogP contribution in [0.2, 0.25) is 0 Å². The lowest BCUT2D eigenvalue weighted by molar-refractivity contribution is 0.445. The first-order valence-electron chi connectivity index (χ1n) is 9.75. The molecular weight excluding hydrogens is 536 g/mol. The topological polar surface area (TPSA) is 208 Å². The van der Waals surface area contributed by atoms with E-state index in [-0.39, 0.29) is 27.2 Å². The van der Waals surface area contributed by atoms with Crippen LogP contribution in [0.4, 0.5) is 11.4 Å². The SMILES string of the molecule is Cc1cc(S(=O)(=O)O)c2c(/N=N/c3ccc(S(=O)(=O)O)c4ccccc34)c(O)c(S(=O)(=O)O)cc2c1. The zero-order valence-corrected chi connectivity index (χ0v) is 20.5. The summed E-state index contributed by atoms with van der Waals surface area (Å²) in [6.45, 7) is 1.47. The van der Waals surface area contributed by atoms with Crippen molar-refractivity contribution in [2.24, 2.45) is 10.2 Å². The van der Waals surface area contributed by atoms with Gasteiger partial charge in [-0.15, -0.1) is 10.2 Å². The molecule has 0 saturated carbocycles. The highest BCUT2D eigenvalue weighted by molar-refractivity contribution is 7.86. The molecule has 188 valence electrons. The Morgan fingerprint density at radius 1 is 0.667 bits per heavy atom. The summed E-state index contributed by atoms with van der Waals surface area (Å²) >= 11 is 0. The molecule has 0 aliphatic rings. The molecule has 0 aliphatic heterocycles. The van der Waals surface area contributed by atoms with Crippen LogP contribution < -0.4 is 0 Å². The van der Waals surface area contributed by atoms with Crippen LogP contribution in [0.15, 0.2) is 79.5 Å². The average molecular weight is 553 g/mol. The van der Waals surface area contributed by atoms with E-state index in [9.17, 15) is 44.0 Å². The number of azo groups is 1. The number of phenolic OH excluding ortho intramolecular Hbond substituents is 1. The molecule has 0 atom stereocenters. The monoisotopic (exact) mass is 552 g/mol. The van der Waals surface area contributed by atoms with Crippen molar-refractivity contribution in [3.05, 3.63) is 60.2 Å². The summed E-state index contributed by atoms with van der Waals surface area (Å²) in [6.07, 6.45) is 0. The Morgan fingerprint density at radius 2 is 1.25 bits per heavy atom. The average Bonchev–Trinajstić information content (AvgIpc) is 2.75. The van der Waals surface area contributed by atoms with Crippen molar-refractivity contribution in [2.75, 3.05) is 0 Å². The molecule has 12 nitrogen and oxygen atoms in total. The van der Waals surface area contributed by atoms with Crippen LogP contribution in [0.1, 0.15) is 5.56 Å². The zero-order valence-electron chi connectivity index (χ0n) is 18.1. The largest absolute Gasteiger partial charge is 0.504 e. The van der Waals surface area contributed by atoms with Gasteiger partial charge < -0.3 is 5.11 Å². The summed E-state index contributed by atoms with van der Waals surface area (Å²) in [4.78, 5) is -2.10. The normalized spacial score (nSPS) is 13.1. The number of hydrogen-bond acceptors (Lipinski definition) is 9. The van der Waals surface area contributed by atoms with Gasteiger partial charge >= 0.3 is 0 Å². The molecule has 0 fully saturated rings. The van der Waals surface area contributed by atoms with E-state index in [2.05, 4.69) is 10.2 Å². The molecule has 0 spiro atoms. The van der Waals surface area contributed by atoms with Crippen LogP contribution in [-0.2, 0) is 30.4 Å². The summed E-state index contributed by atoms with van der Waals surface area (Å²) in [5.41, 5.74) is -0.393. The first-order valence-corrected chi connectivity index (χ1v) is 14.1. The molecule has 4 rings (SSSR count). The number of nitrogens with zero attached hydrogens (tertiary/aromatic N) is 2. The number of aryl methyl sites for hydroxylation is 1. The summed E-state index contributed by atoms with van der Waals surface area (Å²) < 4.78 is 100. The van der Waals surface area contributed by atoms with E-state index in [1.807, 2.05) is 0 Å². The Bertz CT molecular complexity index is 1930. The molecule has 4 N–H and O–H groups in total. The molecule has 0 amide bonds. The van der Waals surface area contributed by atoms with Crippen LogP contribution in [0.3, 0.4) is 0 Å². The molecule has 0 unspecified atom stereocenters. The lowest BCUT2D eigenvalue weighted by Crippen LogP contribution is -2.03. The standard InChI is InChI=1S/C21H16N2O10S3/c1-11-8-12-10-18(36(31,32)33)21(24)20(19(12)17(9-11)35(28,29)30)23-22-15-6-7-16(34(25,26)27)14-5-3-2-4-13(14)15/h2-10,24H,1H3,(H,25,26,27)(H,28,29,30)(H,31,32,33)/b23-22+. The smallest absolute Gasteiger partial charge is 0.298 e. The summed E-state index contributed by atoms with van der Waals surface area (Å²) in [5.74, 6) is -1.14. The fourth-order valence-corrected chi connectivity index (χ4v) is 5.88. The third kappa shape index (κ3) is 4.67. The van der Waals surface area contributed by atoms with Crippen LogP contribution in [0.5, 0.6) is 5.75 Å². The Morgan fingerprint density at radius 3 is 1.83 bits per heavy atom. The van der Waals surface area contributed by atoms with Gasteiger partial charge in [-0.1, -0.05) is 30.3 Å². The van der Waals surface area contributed by atoms with E-state index in [1.54, 1.807) is 6.07 Å². The third-order valence-corrected chi connectivity index (χ3v) is 7.87. The van der Waals surface area contributed by atoms with Crippen molar-refractivity contribution in [1.29, 1.82) is 0 Å². The van der Waals surface area contributed by atoms with E-state index < -0.39 is 56.5 Å². The molecule has 0 aromatic heterocycles. The fourth-order valence-electron chi connectivity index (χ4n) is 3.76. The second-order valence-corrected chi connectivity index (χ2v) is 11.9. The molecule has 0 bridgehead atoms. The molecule has 4 aromatic rings. The Kier molecular flexibility index (Phi) is 6.10. The van der Waals surface area contributed by atoms with Crippen molar-refractivity contribution in [1.82, 2.24) is 0 Å². The number of benzene rings is 4. The molecule has 0 radical (unpaired) electrons. The van der Waals surface area contributed by atoms with Gasteiger partial charge in [-0.3, -0.25) is 13.7 Å². The summed E-state index contributed by atoms with van der Waals surface area (Å²) in [5, 5.41) is 18.2. The third-order valence-electron chi connectivity index (χ3n) is 5.21. The molecule has 0 heterocycles. The maximum absolute atomic E-state index is 12.1. The molecular formula is C21H16N2O10S3. The van der Waals surface area contributed by atoms with Crippen molar-refractivity contribution >= 4 is 63.3 Å². The van der Waals surface area contributed by atoms with E-state index in [0.29, 0.717) is 5.56 Å². The Balaban J connectivity index is 2.10. The lowest BCUT2D eigenvalue weighted by Gasteiger charge is -2.12. The van der Waals surface area contributed by atoms with Crippen molar-refractivity contribution < 1.29 is 44.0 Å². The first kappa shape index (κ1) is 25.6. The van der Waals surface area contributed by atoms with Crippen LogP contribution in [0, 0.1) is 6.92 Å².